The fourth-order valence-corrected chi connectivity index (χ4v) is 1.53. The third-order valence-corrected chi connectivity index (χ3v) is 2.75. The lowest BCUT2D eigenvalue weighted by Gasteiger charge is -2.22. The third-order valence-electron chi connectivity index (χ3n) is 2.75. The first-order valence-corrected chi connectivity index (χ1v) is 5.78. The summed E-state index contributed by atoms with van der Waals surface area (Å²) in [6.45, 7) is 3.37. The van der Waals surface area contributed by atoms with Gasteiger partial charge in [-0.1, -0.05) is 0 Å². The number of aliphatic hydroxyl groups excluding tert-OH is 1. The zero-order chi connectivity index (χ0) is 14.6. The molecule has 1 aromatic heterocycles. The number of hydrogen-bond acceptors (Lipinski definition) is 4. The molecule has 2 unspecified atom stereocenters. The van der Waals surface area contributed by atoms with Crippen molar-refractivity contribution in [2.75, 3.05) is 7.05 Å². The molecule has 1 aromatic rings. The summed E-state index contributed by atoms with van der Waals surface area (Å²) in [5, 5.41) is 20.4. The number of amides is 2. The van der Waals surface area contributed by atoms with Crippen LogP contribution in [0.4, 0.5) is 4.79 Å². The molecule has 2 atom stereocenters. The van der Waals surface area contributed by atoms with E-state index < -0.39 is 24.1 Å². The largest absolute Gasteiger partial charge is 0.480 e. The Morgan fingerprint density at radius 1 is 1.53 bits per heavy atom. The zero-order valence-corrected chi connectivity index (χ0v) is 11.1. The normalized spacial score (nSPS) is 13.7. The molecule has 3 N–H and O–H groups in total. The van der Waals surface area contributed by atoms with Crippen LogP contribution in [0.1, 0.15) is 18.2 Å². The molecule has 0 saturated carbocycles. The Bertz CT molecular complexity index is 455. The molecule has 7 nitrogen and oxygen atoms in total. The molecule has 0 aliphatic carbocycles. The van der Waals surface area contributed by atoms with Crippen LogP contribution in [0.15, 0.2) is 16.7 Å². The maximum atomic E-state index is 11.8. The van der Waals surface area contributed by atoms with Crippen LogP contribution >= 0.6 is 0 Å². The smallest absolute Gasteiger partial charge is 0.328 e. The number of hydrogen-bond donors (Lipinski definition) is 3. The van der Waals surface area contributed by atoms with Crippen LogP contribution in [0.3, 0.4) is 0 Å². The van der Waals surface area contributed by atoms with Gasteiger partial charge in [-0.05, 0) is 19.9 Å². The highest BCUT2D eigenvalue weighted by Crippen LogP contribution is 2.11. The van der Waals surface area contributed by atoms with E-state index in [-0.39, 0.29) is 0 Å². The van der Waals surface area contributed by atoms with Crippen LogP contribution in [0.5, 0.6) is 0 Å². The number of carbonyl (C=O) groups is 2. The number of aliphatic hydroxyl groups is 1. The SMILES string of the molecule is Cc1occc1CN(C)C(=O)NC(C(=O)O)C(C)O. The Kier molecular flexibility index (Phi) is 4.94. The number of nitrogens with one attached hydrogen (secondary N) is 1. The molecule has 0 aliphatic rings. The van der Waals surface area contributed by atoms with E-state index >= 15 is 0 Å². The minimum absolute atomic E-state index is 0.292. The van der Waals surface area contributed by atoms with E-state index in [1.54, 1.807) is 13.0 Å². The van der Waals surface area contributed by atoms with Gasteiger partial charge in [-0.3, -0.25) is 0 Å². The number of urea groups is 1. The van der Waals surface area contributed by atoms with E-state index in [2.05, 4.69) is 5.32 Å². The van der Waals surface area contributed by atoms with Crippen LogP contribution in [-0.2, 0) is 11.3 Å². The molecule has 1 rings (SSSR count). The van der Waals surface area contributed by atoms with E-state index in [4.69, 9.17) is 9.52 Å². The lowest BCUT2D eigenvalue weighted by atomic mass is 10.2. The molecule has 1 heterocycles. The second-order valence-electron chi connectivity index (χ2n) is 4.36. The molecular formula is C12H18N2O5. The van der Waals surface area contributed by atoms with Crippen LogP contribution in [0.25, 0.3) is 0 Å². The summed E-state index contributed by atoms with van der Waals surface area (Å²) >= 11 is 0. The molecule has 2 amide bonds. The van der Waals surface area contributed by atoms with Gasteiger partial charge >= 0.3 is 12.0 Å². The molecule has 0 fully saturated rings. The first kappa shape index (κ1) is 15.0. The summed E-state index contributed by atoms with van der Waals surface area (Å²) in [5.74, 6) is -0.582. The Hall–Kier alpha value is -2.02. The average molecular weight is 270 g/mol. The van der Waals surface area contributed by atoms with Crippen molar-refractivity contribution in [3.63, 3.8) is 0 Å². The van der Waals surface area contributed by atoms with Crippen molar-refractivity contribution in [3.05, 3.63) is 23.7 Å². The fraction of sp³-hybridized carbons (Fsp3) is 0.500. The minimum atomic E-state index is -1.33. The molecule has 0 aliphatic heterocycles. The molecule has 0 radical (unpaired) electrons. The molecule has 0 bridgehead atoms. The van der Waals surface area contributed by atoms with Crippen molar-refractivity contribution in [3.8, 4) is 0 Å². The number of carboxylic acid groups (broad SMARTS) is 1. The standard InChI is InChI=1S/C12H18N2O5/c1-7(15)10(11(16)17)13-12(18)14(3)6-9-4-5-19-8(9)2/h4-5,7,10,15H,6H2,1-3H3,(H,13,18)(H,16,17). The Morgan fingerprint density at radius 3 is 2.58 bits per heavy atom. The molecule has 7 heteroatoms. The number of rotatable bonds is 5. The van der Waals surface area contributed by atoms with E-state index in [9.17, 15) is 14.7 Å². The number of aryl methyl sites for hydroxylation is 1. The first-order chi connectivity index (χ1) is 8.82. The number of carbonyl (C=O) groups excluding carboxylic acids is 1. The van der Waals surface area contributed by atoms with Crippen LogP contribution in [0.2, 0.25) is 0 Å². The molecule has 0 spiro atoms. The fourth-order valence-electron chi connectivity index (χ4n) is 1.53. The summed E-state index contributed by atoms with van der Waals surface area (Å²) in [6.07, 6.45) is 0.345. The van der Waals surface area contributed by atoms with E-state index in [0.717, 1.165) is 5.56 Å². The molecule has 19 heavy (non-hydrogen) atoms. The lowest BCUT2D eigenvalue weighted by Crippen LogP contribution is -2.51. The summed E-state index contributed by atoms with van der Waals surface area (Å²) in [6, 6.07) is -0.170. The monoisotopic (exact) mass is 270 g/mol. The van der Waals surface area contributed by atoms with Gasteiger partial charge in [-0.15, -0.1) is 0 Å². The molecular weight excluding hydrogens is 252 g/mol. The van der Waals surface area contributed by atoms with Crippen molar-refractivity contribution < 1.29 is 24.2 Å². The quantitative estimate of drug-likeness (QED) is 0.725. The zero-order valence-electron chi connectivity index (χ0n) is 11.1. The van der Waals surface area contributed by atoms with E-state index in [1.165, 1.54) is 25.1 Å². The summed E-state index contributed by atoms with van der Waals surface area (Å²) in [4.78, 5) is 24.0. The number of nitrogens with zero attached hydrogens (tertiary/aromatic N) is 1. The Morgan fingerprint density at radius 2 is 2.16 bits per heavy atom. The molecule has 0 aromatic carbocycles. The molecule has 0 saturated heterocycles. The Labute approximate surface area is 110 Å². The van der Waals surface area contributed by atoms with Gasteiger partial charge in [0, 0.05) is 12.6 Å². The Balaban J connectivity index is 2.62. The van der Waals surface area contributed by atoms with E-state index in [0.29, 0.717) is 12.3 Å². The highest BCUT2D eigenvalue weighted by molar-refractivity contribution is 5.82. The number of carboxylic acids is 1. The minimum Gasteiger partial charge on any atom is -0.480 e. The van der Waals surface area contributed by atoms with Crippen molar-refractivity contribution in [1.29, 1.82) is 0 Å². The average Bonchev–Trinajstić information content (AvgIpc) is 2.70. The maximum Gasteiger partial charge on any atom is 0.328 e. The van der Waals surface area contributed by atoms with Gasteiger partial charge in [0.15, 0.2) is 6.04 Å². The van der Waals surface area contributed by atoms with Gasteiger partial charge in [0.25, 0.3) is 0 Å². The molecule has 106 valence electrons. The highest BCUT2D eigenvalue weighted by atomic mass is 16.4. The van der Waals surface area contributed by atoms with Crippen LogP contribution in [-0.4, -0.2) is 46.3 Å². The number of aliphatic carboxylic acids is 1. The van der Waals surface area contributed by atoms with E-state index in [1.807, 2.05) is 0 Å². The predicted molar refractivity (Wildman–Crippen MR) is 66.5 cm³/mol. The number of furan rings is 1. The van der Waals surface area contributed by atoms with Crippen molar-refractivity contribution >= 4 is 12.0 Å². The van der Waals surface area contributed by atoms with Gasteiger partial charge in [0.1, 0.15) is 5.76 Å². The topological polar surface area (TPSA) is 103 Å². The second-order valence-corrected chi connectivity index (χ2v) is 4.36. The summed E-state index contributed by atoms with van der Waals surface area (Å²) in [7, 11) is 1.53. The third kappa shape index (κ3) is 3.99. The van der Waals surface area contributed by atoms with Gasteiger partial charge in [-0.2, -0.15) is 0 Å². The highest BCUT2D eigenvalue weighted by Gasteiger charge is 2.26. The lowest BCUT2D eigenvalue weighted by molar-refractivity contribution is -0.141. The van der Waals surface area contributed by atoms with Crippen molar-refractivity contribution in [1.82, 2.24) is 10.2 Å². The van der Waals surface area contributed by atoms with Crippen molar-refractivity contribution in [2.45, 2.75) is 32.5 Å². The van der Waals surface area contributed by atoms with Gasteiger partial charge in [0.05, 0.1) is 18.9 Å². The first-order valence-electron chi connectivity index (χ1n) is 5.78. The maximum absolute atomic E-state index is 11.8. The predicted octanol–water partition coefficient (Wildman–Crippen LogP) is 0.563. The summed E-state index contributed by atoms with van der Waals surface area (Å²) < 4.78 is 5.11. The van der Waals surface area contributed by atoms with Crippen LogP contribution < -0.4 is 5.32 Å². The van der Waals surface area contributed by atoms with Gasteiger partial charge in [-0.25, -0.2) is 9.59 Å². The van der Waals surface area contributed by atoms with Gasteiger partial charge < -0.3 is 24.8 Å². The van der Waals surface area contributed by atoms with Crippen LogP contribution in [0, 0.1) is 6.92 Å². The van der Waals surface area contributed by atoms with Gasteiger partial charge in [0.2, 0.25) is 0 Å². The summed E-state index contributed by atoms with van der Waals surface area (Å²) in [5.41, 5.74) is 0.835. The second kappa shape index (κ2) is 6.24. The van der Waals surface area contributed by atoms with Crippen molar-refractivity contribution in [2.24, 2.45) is 0 Å².